The summed E-state index contributed by atoms with van der Waals surface area (Å²) in [6.45, 7) is 1.30. The van der Waals surface area contributed by atoms with Crippen LogP contribution in [0.2, 0.25) is 0 Å². The number of hydrogen-bond donors (Lipinski definition) is 0. The Bertz CT molecular complexity index is 686. The quantitative estimate of drug-likeness (QED) is 0.603. The molecule has 0 spiro atoms. The summed E-state index contributed by atoms with van der Waals surface area (Å²) >= 11 is 0. The maximum atomic E-state index is 12.2. The van der Waals surface area contributed by atoms with Gasteiger partial charge in [-0.2, -0.15) is 0 Å². The minimum absolute atomic E-state index is 0.0883. The van der Waals surface area contributed by atoms with Gasteiger partial charge in [0.2, 0.25) is 11.5 Å². The van der Waals surface area contributed by atoms with Gasteiger partial charge in [-0.15, -0.1) is 0 Å². The highest BCUT2D eigenvalue weighted by Crippen LogP contribution is 2.24. The van der Waals surface area contributed by atoms with Crippen molar-refractivity contribution in [2.75, 3.05) is 20.8 Å². The molecule has 0 fully saturated rings. The molecular formula is C16H16O6. The van der Waals surface area contributed by atoms with E-state index in [1.54, 1.807) is 25.1 Å². The molecule has 2 aromatic rings. The lowest BCUT2D eigenvalue weighted by atomic mass is 10.1. The number of carbonyl (C=O) groups is 2. The lowest BCUT2D eigenvalue weighted by Crippen LogP contribution is -2.15. The number of rotatable bonds is 6. The average Bonchev–Trinajstić information content (AvgIpc) is 2.97. The second kappa shape index (κ2) is 6.80. The molecule has 0 amide bonds. The monoisotopic (exact) mass is 304 g/mol. The summed E-state index contributed by atoms with van der Waals surface area (Å²) in [5.41, 5.74) is 0.933. The molecule has 6 heteroatoms. The van der Waals surface area contributed by atoms with Crippen LogP contribution in [-0.2, 0) is 4.74 Å². The van der Waals surface area contributed by atoms with E-state index in [9.17, 15) is 9.59 Å². The fourth-order valence-corrected chi connectivity index (χ4v) is 1.89. The Morgan fingerprint density at radius 2 is 1.91 bits per heavy atom. The number of carbonyl (C=O) groups excluding carboxylic acids is 2. The number of hydrogen-bond acceptors (Lipinski definition) is 6. The van der Waals surface area contributed by atoms with Gasteiger partial charge in [0, 0.05) is 5.56 Å². The minimum atomic E-state index is -0.683. The predicted octanol–water partition coefficient (Wildman–Crippen LogP) is 2.64. The Balaban J connectivity index is 2.09. The number of ether oxygens (including phenoxy) is 3. The summed E-state index contributed by atoms with van der Waals surface area (Å²) in [5.74, 6) is -0.0928. The third kappa shape index (κ3) is 3.28. The first-order valence-electron chi connectivity index (χ1n) is 6.53. The second-order valence-corrected chi connectivity index (χ2v) is 4.50. The molecule has 1 aromatic carbocycles. The number of furan rings is 1. The van der Waals surface area contributed by atoms with Crippen LogP contribution in [0.15, 0.2) is 34.9 Å². The molecule has 22 heavy (non-hydrogen) atoms. The first kappa shape index (κ1) is 15.6. The first-order chi connectivity index (χ1) is 10.6. The van der Waals surface area contributed by atoms with Gasteiger partial charge in [-0.25, -0.2) is 4.79 Å². The summed E-state index contributed by atoms with van der Waals surface area (Å²) in [4.78, 5) is 24.0. The van der Waals surface area contributed by atoms with Gasteiger partial charge in [-0.1, -0.05) is 0 Å². The third-order valence-electron chi connectivity index (χ3n) is 3.09. The summed E-state index contributed by atoms with van der Waals surface area (Å²) < 4.78 is 20.2. The summed E-state index contributed by atoms with van der Waals surface area (Å²) in [7, 11) is 2.95. The molecule has 116 valence electrons. The van der Waals surface area contributed by atoms with E-state index >= 15 is 0 Å². The van der Waals surface area contributed by atoms with Crippen molar-refractivity contribution >= 4 is 11.8 Å². The number of aryl methyl sites for hydroxylation is 1. The Labute approximate surface area is 127 Å². The molecule has 0 aliphatic carbocycles. The van der Waals surface area contributed by atoms with E-state index in [1.165, 1.54) is 26.5 Å². The molecule has 0 saturated heterocycles. The van der Waals surface area contributed by atoms with Gasteiger partial charge >= 0.3 is 5.97 Å². The van der Waals surface area contributed by atoms with Gasteiger partial charge in [0.1, 0.15) is 11.5 Å². The maximum absolute atomic E-state index is 12.2. The fraction of sp³-hybridized carbons (Fsp3) is 0.250. The highest BCUT2D eigenvalue weighted by atomic mass is 16.5. The Hall–Kier alpha value is -2.76. The van der Waals surface area contributed by atoms with E-state index in [0.29, 0.717) is 17.1 Å². The van der Waals surface area contributed by atoms with Gasteiger partial charge in [0.05, 0.1) is 26.0 Å². The molecule has 0 bridgehead atoms. The molecule has 0 aliphatic rings. The molecule has 1 aromatic heterocycles. The van der Waals surface area contributed by atoms with Crippen LogP contribution in [0.4, 0.5) is 0 Å². The van der Waals surface area contributed by atoms with Gasteiger partial charge in [-0.3, -0.25) is 4.79 Å². The van der Waals surface area contributed by atoms with E-state index in [1.807, 2.05) is 0 Å². The van der Waals surface area contributed by atoms with Gasteiger partial charge in [-0.05, 0) is 31.2 Å². The second-order valence-electron chi connectivity index (χ2n) is 4.50. The smallest absolute Gasteiger partial charge is 0.374 e. The zero-order valence-electron chi connectivity index (χ0n) is 12.5. The van der Waals surface area contributed by atoms with Crippen molar-refractivity contribution in [1.29, 1.82) is 0 Å². The largest absolute Gasteiger partial charge is 0.497 e. The lowest BCUT2D eigenvalue weighted by molar-refractivity contribution is 0.0442. The van der Waals surface area contributed by atoms with Crippen LogP contribution in [0.1, 0.15) is 26.5 Å². The third-order valence-corrected chi connectivity index (χ3v) is 3.09. The van der Waals surface area contributed by atoms with Crippen molar-refractivity contribution in [1.82, 2.24) is 0 Å². The highest BCUT2D eigenvalue weighted by molar-refractivity contribution is 6.01. The number of benzene rings is 1. The Kier molecular flexibility index (Phi) is 4.83. The van der Waals surface area contributed by atoms with E-state index in [-0.39, 0.29) is 11.3 Å². The summed E-state index contributed by atoms with van der Waals surface area (Å²) in [6.07, 6.45) is 1.39. The number of ketones is 1. The van der Waals surface area contributed by atoms with Crippen molar-refractivity contribution in [3.05, 3.63) is 47.4 Å². The Morgan fingerprint density at radius 1 is 1.14 bits per heavy atom. The van der Waals surface area contributed by atoms with Crippen LogP contribution >= 0.6 is 0 Å². The van der Waals surface area contributed by atoms with Crippen LogP contribution in [0, 0.1) is 6.92 Å². The molecule has 0 N–H and O–H groups in total. The van der Waals surface area contributed by atoms with Crippen LogP contribution in [-0.4, -0.2) is 32.6 Å². The Morgan fingerprint density at radius 3 is 2.50 bits per heavy atom. The van der Waals surface area contributed by atoms with Crippen molar-refractivity contribution in [2.24, 2.45) is 0 Å². The molecule has 0 atom stereocenters. The van der Waals surface area contributed by atoms with Crippen molar-refractivity contribution < 1.29 is 28.2 Å². The summed E-state index contributed by atoms with van der Waals surface area (Å²) in [5, 5.41) is 0. The van der Waals surface area contributed by atoms with Gasteiger partial charge in [0.15, 0.2) is 6.61 Å². The molecule has 0 aliphatic heterocycles. The van der Waals surface area contributed by atoms with Crippen molar-refractivity contribution in [2.45, 2.75) is 6.92 Å². The van der Waals surface area contributed by atoms with Crippen molar-refractivity contribution in [3.8, 4) is 11.5 Å². The van der Waals surface area contributed by atoms with Crippen LogP contribution in [0.25, 0.3) is 0 Å². The lowest BCUT2D eigenvalue weighted by Gasteiger charge is -2.09. The molecule has 2 rings (SSSR count). The first-order valence-corrected chi connectivity index (χ1v) is 6.53. The van der Waals surface area contributed by atoms with E-state index < -0.39 is 18.4 Å². The standard InChI is InChI=1S/C16H16O6/c1-10-6-7-21-15(10)16(18)22-9-13(17)12-8-11(19-2)4-5-14(12)20-3/h4-8H,9H2,1-3H3. The van der Waals surface area contributed by atoms with Crippen LogP contribution in [0.3, 0.4) is 0 Å². The van der Waals surface area contributed by atoms with E-state index in [2.05, 4.69) is 0 Å². The number of methoxy groups -OCH3 is 2. The van der Waals surface area contributed by atoms with Crippen molar-refractivity contribution in [3.63, 3.8) is 0 Å². The maximum Gasteiger partial charge on any atom is 0.374 e. The van der Waals surface area contributed by atoms with Crippen LogP contribution in [0.5, 0.6) is 11.5 Å². The number of esters is 1. The number of Topliss-reactive ketones (excluding diaryl/α,β-unsaturated/α-hetero) is 1. The molecule has 1 heterocycles. The average molecular weight is 304 g/mol. The van der Waals surface area contributed by atoms with E-state index in [0.717, 1.165) is 0 Å². The zero-order valence-corrected chi connectivity index (χ0v) is 12.5. The molecule has 0 saturated carbocycles. The van der Waals surface area contributed by atoms with Crippen LogP contribution < -0.4 is 9.47 Å². The zero-order chi connectivity index (χ0) is 16.1. The molecule has 0 radical (unpaired) electrons. The van der Waals surface area contributed by atoms with Gasteiger partial charge < -0.3 is 18.6 Å². The topological polar surface area (TPSA) is 75.0 Å². The fourth-order valence-electron chi connectivity index (χ4n) is 1.89. The predicted molar refractivity (Wildman–Crippen MR) is 77.6 cm³/mol. The minimum Gasteiger partial charge on any atom is -0.497 e. The highest BCUT2D eigenvalue weighted by Gasteiger charge is 2.19. The molecule has 6 nitrogen and oxygen atoms in total. The summed E-state index contributed by atoms with van der Waals surface area (Å²) in [6, 6.07) is 6.47. The SMILES string of the molecule is COc1ccc(OC)c(C(=O)COC(=O)c2occc2C)c1. The normalized spacial score (nSPS) is 10.1. The van der Waals surface area contributed by atoms with E-state index in [4.69, 9.17) is 18.6 Å². The molecular weight excluding hydrogens is 288 g/mol. The van der Waals surface area contributed by atoms with Gasteiger partial charge in [0.25, 0.3) is 0 Å². The molecule has 0 unspecified atom stereocenters.